The molecule has 1 saturated carbocycles. The maximum Gasteiger partial charge on any atom is 0.227 e. The van der Waals surface area contributed by atoms with Crippen LogP contribution < -0.4 is 5.73 Å². The number of aliphatic hydroxyl groups excluding tert-OH is 1. The van der Waals surface area contributed by atoms with Gasteiger partial charge in [0.05, 0.1) is 5.92 Å². The number of nitrogens with zero attached hydrogens (tertiary/aromatic N) is 1. The molecule has 4 atom stereocenters. The molecule has 4 heteroatoms. The molecule has 1 amide bonds. The second kappa shape index (κ2) is 6.02. The molecule has 0 bridgehead atoms. The molecule has 2 aliphatic rings. The number of likely N-dealkylation sites (tertiary alicyclic amines) is 1. The predicted octanol–water partition coefficient (Wildman–Crippen LogP) is 0.981. The third-order valence-electron chi connectivity index (χ3n) is 4.70. The smallest absolute Gasteiger partial charge is 0.227 e. The quantitative estimate of drug-likeness (QED) is 0.772. The minimum atomic E-state index is 0.00573. The monoisotopic (exact) mass is 254 g/mol. The van der Waals surface area contributed by atoms with E-state index in [1.165, 1.54) is 0 Å². The average Bonchev–Trinajstić information content (AvgIpc) is 2.41. The number of hydrogen-bond donors (Lipinski definition) is 2. The Kier molecular flexibility index (Phi) is 4.62. The molecular formula is C14H26N2O2. The van der Waals surface area contributed by atoms with Gasteiger partial charge < -0.3 is 15.7 Å². The zero-order chi connectivity index (χ0) is 13.1. The number of nitrogens with two attached hydrogens (primary N) is 1. The van der Waals surface area contributed by atoms with Crippen LogP contribution in [0.1, 0.15) is 39.0 Å². The zero-order valence-corrected chi connectivity index (χ0v) is 11.3. The van der Waals surface area contributed by atoms with Crippen LogP contribution in [-0.2, 0) is 4.79 Å². The molecule has 0 aromatic rings. The Labute approximate surface area is 110 Å². The van der Waals surface area contributed by atoms with E-state index in [9.17, 15) is 9.90 Å². The molecule has 18 heavy (non-hydrogen) atoms. The Hall–Kier alpha value is -0.610. The van der Waals surface area contributed by atoms with Gasteiger partial charge in [-0.3, -0.25) is 4.79 Å². The normalized spacial score (nSPS) is 37.6. The zero-order valence-electron chi connectivity index (χ0n) is 11.3. The highest BCUT2D eigenvalue weighted by Gasteiger charge is 2.36. The minimum absolute atomic E-state index is 0.00573. The van der Waals surface area contributed by atoms with Crippen LogP contribution in [0, 0.1) is 17.8 Å². The van der Waals surface area contributed by atoms with Crippen molar-refractivity contribution in [2.45, 2.75) is 45.1 Å². The topological polar surface area (TPSA) is 66.6 Å². The van der Waals surface area contributed by atoms with E-state index < -0.39 is 0 Å². The molecular weight excluding hydrogens is 228 g/mol. The third kappa shape index (κ3) is 2.86. The number of carbonyl (C=O) groups excluding carboxylic acids is 1. The van der Waals surface area contributed by atoms with Gasteiger partial charge in [0.15, 0.2) is 0 Å². The van der Waals surface area contributed by atoms with E-state index in [0.29, 0.717) is 12.5 Å². The average molecular weight is 254 g/mol. The van der Waals surface area contributed by atoms with Crippen molar-refractivity contribution in [3.05, 3.63) is 0 Å². The van der Waals surface area contributed by atoms with Gasteiger partial charge in [-0.1, -0.05) is 13.3 Å². The van der Waals surface area contributed by atoms with Gasteiger partial charge in [-0.25, -0.2) is 0 Å². The second-order valence-electron chi connectivity index (χ2n) is 6.07. The van der Waals surface area contributed by atoms with Gasteiger partial charge >= 0.3 is 0 Å². The summed E-state index contributed by atoms with van der Waals surface area (Å²) in [6.07, 6.45) is 5.24. The van der Waals surface area contributed by atoms with Crippen LogP contribution in [-0.4, -0.2) is 41.7 Å². The summed E-state index contributed by atoms with van der Waals surface area (Å²) in [5.41, 5.74) is 6.20. The molecule has 0 radical (unpaired) electrons. The van der Waals surface area contributed by atoms with Gasteiger partial charge in [-0.2, -0.15) is 0 Å². The van der Waals surface area contributed by atoms with Crippen molar-refractivity contribution in [2.24, 2.45) is 23.5 Å². The van der Waals surface area contributed by atoms with Crippen LogP contribution in [0.2, 0.25) is 0 Å². The third-order valence-corrected chi connectivity index (χ3v) is 4.70. The standard InChI is InChI=1S/C14H26N2O2/c1-10-4-2-6-12(13(10)15)14(18)16-7-3-5-11(8-16)9-17/h10-13,17H,2-9,15H2,1H3. The number of carbonyl (C=O) groups is 1. The molecule has 0 aromatic carbocycles. The lowest BCUT2D eigenvalue weighted by atomic mass is 9.77. The Balaban J connectivity index is 1.97. The molecule has 1 saturated heterocycles. The van der Waals surface area contributed by atoms with Crippen LogP contribution in [0.15, 0.2) is 0 Å². The highest BCUT2D eigenvalue weighted by Crippen LogP contribution is 2.30. The fourth-order valence-corrected chi connectivity index (χ4v) is 3.38. The van der Waals surface area contributed by atoms with E-state index in [1.54, 1.807) is 0 Å². The fraction of sp³-hybridized carbons (Fsp3) is 0.929. The Bertz CT molecular complexity index is 296. The first-order valence-electron chi connectivity index (χ1n) is 7.28. The molecule has 1 heterocycles. The summed E-state index contributed by atoms with van der Waals surface area (Å²) >= 11 is 0. The van der Waals surface area contributed by atoms with Crippen molar-refractivity contribution < 1.29 is 9.90 Å². The van der Waals surface area contributed by atoms with Crippen molar-refractivity contribution in [3.8, 4) is 0 Å². The molecule has 104 valence electrons. The van der Waals surface area contributed by atoms with Crippen molar-refractivity contribution in [1.82, 2.24) is 4.90 Å². The Morgan fingerprint density at radius 1 is 1.33 bits per heavy atom. The van der Waals surface area contributed by atoms with Gasteiger partial charge in [-0.05, 0) is 37.5 Å². The summed E-state index contributed by atoms with van der Waals surface area (Å²) in [5, 5.41) is 9.23. The number of piperidine rings is 1. The van der Waals surface area contributed by atoms with E-state index >= 15 is 0 Å². The van der Waals surface area contributed by atoms with Crippen molar-refractivity contribution in [3.63, 3.8) is 0 Å². The van der Waals surface area contributed by atoms with Gasteiger partial charge in [0.2, 0.25) is 5.91 Å². The molecule has 3 N–H and O–H groups in total. The first kappa shape index (κ1) is 13.8. The number of aliphatic hydroxyl groups is 1. The van der Waals surface area contributed by atoms with Gasteiger partial charge in [0, 0.05) is 25.7 Å². The molecule has 1 aliphatic heterocycles. The van der Waals surface area contributed by atoms with Crippen molar-refractivity contribution in [1.29, 1.82) is 0 Å². The van der Waals surface area contributed by atoms with Crippen LogP contribution >= 0.6 is 0 Å². The SMILES string of the molecule is CC1CCCC(C(=O)N2CCCC(CO)C2)C1N. The Morgan fingerprint density at radius 3 is 2.83 bits per heavy atom. The summed E-state index contributed by atoms with van der Waals surface area (Å²) in [4.78, 5) is 14.5. The molecule has 0 spiro atoms. The maximum absolute atomic E-state index is 12.5. The number of hydrogen-bond acceptors (Lipinski definition) is 3. The lowest BCUT2D eigenvalue weighted by Gasteiger charge is -2.39. The van der Waals surface area contributed by atoms with E-state index in [-0.39, 0.29) is 30.4 Å². The van der Waals surface area contributed by atoms with Gasteiger partial charge in [-0.15, -0.1) is 0 Å². The minimum Gasteiger partial charge on any atom is -0.396 e. The first-order valence-corrected chi connectivity index (χ1v) is 7.28. The summed E-state index contributed by atoms with van der Waals surface area (Å²) < 4.78 is 0. The highest BCUT2D eigenvalue weighted by molar-refractivity contribution is 5.79. The maximum atomic E-state index is 12.5. The molecule has 1 aliphatic carbocycles. The fourth-order valence-electron chi connectivity index (χ4n) is 3.38. The molecule has 0 aromatic heterocycles. The van der Waals surface area contributed by atoms with E-state index in [0.717, 1.165) is 38.6 Å². The molecule has 4 unspecified atom stereocenters. The van der Waals surface area contributed by atoms with Gasteiger partial charge in [0.25, 0.3) is 0 Å². The van der Waals surface area contributed by atoms with Crippen LogP contribution in [0.5, 0.6) is 0 Å². The van der Waals surface area contributed by atoms with Crippen molar-refractivity contribution in [2.75, 3.05) is 19.7 Å². The first-order chi connectivity index (χ1) is 8.63. The van der Waals surface area contributed by atoms with Crippen LogP contribution in [0.25, 0.3) is 0 Å². The van der Waals surface area contributed by atoms with E-state index in [4.69, 9.17) is 5.73 Å². The summed E-state index contributed by atoms with van der Waals surface area (Å²) in [6.45, 7) is 3.90. The van der Waals surface area contributed by atoms with E-state index in [1.807, 2.05) is 4.90 Å². The summed E-state index contributed by atoms with van der Waals surface area (Å²) in [5.74, 6) is 0.949. The van der Waals surface area contributed by atoms with Crippen LogP contribution in [0.4, 0.5) is 0 Å². The number of amides is 1. The van der Waals surface area contributed by atoms with Crippen LogP contribution in [0.3, 0.4) is 0 Å². The van der Waals surface area contributed by atoms with Gasteiger partial charge in [0.1, 0.15) is 0 Å². The lowest BCUT2D eigenvalue weighted by molar-refractivity contribution is -0.139. The van der Waals surface area contributed by atoms with Crippen molar-refractivity contribution >= 4 is 5.91 Å². The second-order valence-corrected chi connectivity index (χ2v) is 6.07. The molecule has 2 fully saturated rings. The van der Waals surface area contributed by atoms with E-state index in [2.05, 4.69) is 6.92 Å². The summed E-state index contributed by atoms with van der Waals surface area (Å²) in [6, 6.07) is 0.0146. The highest BCUT2D eigenvalue weighted by atomic mass is 16.3. The Morgan fingerprint density at radius 2 is 2.11 bits per heavy atom. The summed E-state index contributed by atoms with van der Waals surface area (Å²) in [7, 11) is 0. The molecule has 4 nitrogen and oxygen atoms in total. The predicted molar refractivity (Wildman–Crippen MR) is 70.9 cm³/mol. The molecule has 2 rings (SSSR count). The lowest BCUT2D eigenvalue weighted by Crippen LogP contribution is -2.51. The number of rotatable bonds is 2. The largest absolute Gasteiger partial charge is 0.396 e.